The molecule has 0 fully saturated rings. The van der Waals surface area contributed by atoms with Gasteiger partial charge < -0.3 is 4.43 Å². The van der Waals surface area contributed by atoms with Crippen LogP contribution in [0.1, 0.15) is 34.1 Å². The van der Waals surface area contributed by atoms with Crippen LogP contribution >= 0.6 is 11.1 Å². The van der Waals surface area contributed by atoms with Gasteiger partial charge in [0.15, 0.2) is 7.38 Å². The van der Waals surface area contributed by atoms with E-state index in [0.717, 1.165) is 0 Å². The van der Waals surface area contributed by atoms with Gasteiger partial charge in [-0.3, -0.25) is 4.79 Å². The molecule has 2 nitrogen and oxygen atoms in total. The highest BCUT2D eigenvalue weighted by molar-refractivity contribution is 7.19. The van der Waals surface area contributed by atoms with Crippen LogP contribution in [0, 0.1) is 0 Å². The smallest absolute Gasteiger partial charge is 0.292 e. The van der Waals surface area contributed by atoms with E-state index in [-0.39, 0.29) is 16.5 Å². The fourth-order valence-electron chi connectivity index (χ4n) is 0.972. The summed E-state index contributed by atoms with van der Waals surface area (Å²) in [6.07, 6.45) is 0.454. The van der Waals surface area contributed by atoms with Crippen molar-refractivity contribution in [2.24, 2.45) is 0 Å². The summed E-state index contributed by atoms with van der Waals surface area (Å²) < 4.78 is 5.73. The van der Waals surface area contributed by atoms with Crippen molar-refractivity contribution in [1.82, 2.24) is 0 Å². The summed E-state index contributed by atoms with van der Waals surface area (Å²) >= 11 is 6.33. The number of carbonyl (C=O) groups is 1. The van der Waals surface area contributed by atoms with E-state index in [9.17, 15) is 4.79 Å². The molecule has 0 aromatic rings. The van der Waals surface area contributed by atoms with E-state index in [1.165, 1.54) is 0 Å². The largest absolute Gasteiger partial charge is 0.519 e. The van der Waals surface area contributed by atoms with Crippen LogP contribution in [0.15, 0.2) is 0 Å². The highest BCUT2D eigenvalue weighted by Gasteiger charge is 2.41. The lowest BCUT2D eigenvalue weighted by Crippen LogP contribution is -2.43. The molecule has 5 heteroatoms. The molecule has 0 saturated carbocycles. The lowest BCUT2D eigenvalue weighted by Gasteiger charge is -2.36. The van der Waals surface area contributed by atoms with Crippen molar-refractivity contribution in [3.63, 3.8) is 0 Å². The zero-order valence-corrected chi connectivity index (χ0v) is 15.2. The van der Waals surface area contributed by atoms with E-state index in [0.29, 0.717) is 6.42 Å². The Morgan fingerprint density at radius 3 is 1.94 bits per heavy atom. The summed E-state index contributed by atoms with van der Waals surface area (Å²) in [4.78, 5) is 11.9. The van der Waals surface area contributed by atoms with Gasteiger partial charge in [-0.05, 0) is 23.7 Å². The van der Waals surface area contributed by atoms with E-state index < -0.39 is 15.7 Å². The molecule has 0 saturated heterocycles. The molecule has 0 heterocycles. The van der Waals surface area contributed by atoms with Crippen molar-refractivity contribution in [3.8, 4) is 0 Å². The first-order valence-corrected chi connectivity index (χ1v) is 13.2. The van der Waals surface area contributed by atoms with Crippen LogP contribution in [0.5, 0.6) is 0 Å². The number of hydrogen-bond acceptors (Lipinski definition) is 2. The summed E-state index contributed by atoms with van der Waals surface area (Å²) in [5.74, 6) is -0.0784. The van der Waals surface area contributed by atoms with E-state index in [1.807, 2.05) is 6.92 Å². The highest BCUT2D eigenvalue weighted by Crippen LogP contribution is 2.37. The number of carbonyl (C=O) groups excluding carboxylic acids is 1. The standard InChI is InChI=1S/C12H27ClO2Si2/c1-10(16(5,6)13)9-11(14)15-17(7,8)12(2,3)4/h10H,9H2,1-8H3. The molecule has 0 amide bonds. The molecule has 0 aliphatic rings. The van der Waals surface area contributed by atoms with Crippen molar-refractivity contribution >= 4 is 32.7 Å². The number of hydrogen-bond donors (Lipinski definition) is 0. The Kier molecular flexibility index (Phi) is 5.51. The minimum atomic E-state index is -1.97. The quantitative estimate of drug-likeness (QED) is 0.552. The Morgan fingerprint density at radius 1 is 1.24 bits per heavy atom. The van der Waals surface area contributed by atoms with Crippen LogP contribution in [-0.4, -0.2) is 21.7 Å². The molecule has 0 aromatic heterocycles. The van der Waals surface area contributed by atoms with Crippen molar-refractivity contribution in [2.45, 2.75) is 70.9 Å². The Labute approximate surface area is 113 Å². The van der Waals surface area contributed by atoms with Gasteiger partial charge in [-0.1, -0.05) is 40.8 Å². The molecular weight excluding hydrogens is 268 g/mol. The summed E-state index contributed by atoms with van der Waals surface area (Å²) in [6.45, 7) is 16.8. The fourth-order valence-corrected chi connectivity index (χ4v) is 2.81. The maximum atomic E-state index is 11.9. The minimum absolute atomic E-state index is 0.0693. The van der Waals surface area contributed by atoms with Crippen LogP contribution < -0.4 is 0 Å². The predicted octanol–water partition coefficient (Wildman–Crippen LogP) is 4.76. The molecule has 0 aromatic carbocycles. The van der Waals surface area contributed by atoms with Crippen LogP contribution in [0.3, 0.4) is 0 Å². The highest BCUT2D eigenvalue weighted by atomic mass is 35.6. The lowest BCUT2D eigenvalue weighted by molar-refractivity contribution is -0.135. The molecule has 0 radical (unpaired) electrons. The van der Waals surface area contributed by atoms with Crippen molar-refractivity contribution in [3.05, 3.63) is 0 Å². The van der Waals surface area contributed by atoms with Crippen molar-refractivity contribution in [2.75, 3.05) is 0 Å². The Hall–Kier alpha value is 0.194. The van der Waals surface area contributed by atoms with E-state index in [1.54, 1.807) is 0 Å². The molecule has 1 unspecified atom stereocenters. The molecule has 0 bridgehead atoms. The average molecular weight is 295 g/mol. The molecule has 102 valence electrons. The number of halogens is 1. The molecule has 1 atom stereocenters. The van der Waals surface area contributed by atoms with Gasteiger partial charge in [-0.25, -0.2) is 0 Å². The molecule has 0 aliphatic carbocycles. The molecule has 17 heavy (non-hydrogen) atoms. The monoisotopic (exact) mass is 294 g/mol. The van der Waals surface area contributed by atoms with Gasteiger partial charge in [0.25, 0.3) is 14.3 Å². The van der Waals surface area contributed by atoms with E-state index in [4.69, 9.17) is 15.5 Å². The van der Waals surface area contributed by atoms with Crippen LogP contribution in [0.4, 0.5) is 0 Å². The zero-order valence-electron chi connectivity index (χ0n) is 12.5. The second-order valence-corrected chi connectivity index (χ2v) is 18.7. The van der Waals surface area contributed by atoms with Crippen molar-refractivity contribution < 1.29 is 9.22 Å². The second kappa shape index (κ2) is 5.45. The van der Waals surface area contributed by atoms with Crippen LogP contribution in [-0.2, 0) is 9.22 Å². The Morgan fingerprint density at radius 2 is 1.65 bits per heavy atom. The zero-order chi connectivity index (χ0) is 14.1. The third kappa shape index (κ3) is 5.57. The molecule has 0 rings (SSSR count). The first-order chi connectivity index (χ1) is 7.27. The first kappa shape index (κ1) is 17.2. The Balaban J connectivity index is 4.49. The topological polar surface area (TPSA) is 26.3 Å². The van der Waals surface area contributed by atoms with Gasteiger partial charge in [0.2, 0.25) is 0 Å². The molecule has 0 spiro atoms. The third-order valence-electron chi connectivity index (χ3n) is 3.82. The average Bonchev–Trinajstić information content (AvgIpc) is 1.97. The van der Waals surface area contributed by atoms with Gasteiger partial charge in [-0.2, -0.15) is 11.1 Å². The van der Waals surface area contributed by atoms with Gasteiger partial charge in [0.05, 0.1) is 0 Å². The summed E-state index contributed by atoms with van der Waals surface area (Å²) in [5, 5.41) is 0.0693. The molecular formula is C12H27ClO2Si2. The maximum absolute atomic E-state index is 11.9. The van der Waals surface area contributed by atoms with Gasteiger partial charge in [-0.15, -0.1) is 0 Å². The van der Waals surface area contributed by atoms with Crippen LogP contribution in [0.2, 0.25) is 36.8 Å². The SMILES string of the molecule is CC(CC(=O)O[Si](C)(C)C(C)(C)C)[Si](C)(C)Cl. The molecule has 0 N–H and O–H groups in total. The normalized spacial score (nSPS) is 15.6. The predicted molar refractivity (Wildman–Crippen MR) is 80.7 cm³/mol. The lowest BCUT2D eigenvalue weighted by atomic mass is 10.2. The van der Waals surface area contributed by atoms with Crippen molar-refractivity contribution in [1.29, 1.82) is 0 Å². The summed E-state index contributed by atoms with van der Waals surface area (Å²) in [7, 11) is -3.73. The van der Waals surface area contributed by atoms with Gasteiger partial charge in [0.1, 0.15) is 0 Å². The third-order valence-corrected chi connectivity index (χ3v) is 11.8. The number of rotatable bonds is 4. The molecule has 0 aliphatic heterocycles. The summed E-state index contributed by atoms with van der Waals surface area (Å²) in [6, 6.07) is 0. The fraction of sp³-hybridized carbons (Fsp3) is 0.917. The second-order valence-electron chi connectivity index (χ2n) is 6.90. The first-order valence-electron chi connectivity index (χ1n) is 6.18. The van der Waals surface area contributed by atoms with Gasteiger partial charge >= 0.3 is 0 Å². The Bertz CT molecular complexity index is 277. The van der Waals surface area contributed by atoms with E-state index >= 15 is 0 Å². The van der Waals surface area contributed by atoms with Gasteiger partial charge in [0, 0.05) is 6.42 Å². The summed E-state index contributed by atoms with van der Waals surface area (Å²) in [5.41, 5.74) is 0.251. The maximum Gasteiger partial charge on any atom is 0.292 e. The minimum Gasteiger partial charge on any atom is -0.519 e. The van der Waals surface area contributed by atoms with Crippen LogP contribution in [0.25, 0.3) is 0 Å². The van der Waals surface area contributed by atoms with E-state index in [2.05, 4.69) is 47.0 Å².